The maximum Gasteiger partial charge on any atom is 0.143 e. The summed E-state index contributed by atoms with van der Waals surface area (Å²) in [5, 5.41) is 24.5. The van der Waals surface area contributed by atoms with Gasteiger partial charge in [-0.25, -0.2) is 15.0 Å². The summed E-state index contributed by atoms with van der Waals surface area (Å²) in [4.78, 5) is 15.6. The molecule has 4 heterocycles. The van der Waals surface area contributed by atoms with Crippen molar-refractivity contribution in [3.05, 3.63) is 58.6 Å². The minimum Gasteiger partial charge on any atom is -0.390 e. The molecule has 1 saturated heterocycles. The largest absolute Gasteiger partial charge is 0.390 e. The number of fused-ring (bicyclic) bond motifs is 2. The molecule has 5 atom stereocenters. The number of likely N-dealkylation sites (tertiary alicyclic amines) is 1. The van der Waals surface area contributed by atoms with Crippen molar-refractivity contribution in [3.8, 4) is 0 Å². The van der Waals surface area contributed by atoms with E-state index in [4.69, 9.17) is 5.73 Å². The summed E-state index contributed by atoms with van der Waals surface area (Å²) in [5.41, 5.74) is 9.30. The minimum absolute atomic E-state index is 0.114. The number of nitrogen functional groups attached to an aromatic ring is 1. The van der Waals surface area contributed by atoms with Gasteiger partial charge in [0.25, 0.3) is 0 Å². The van der Waals surface area contributed by atoms with Crippen molar-refractivity contribution in [3.63, 3.8) is 0 Å². The van der Waals surface area contributed by atoms with E-state index in [1.165, 1.54) is 0 Å². The van der Waals surface area contributed by atoms with E-state index in [0.717, 1.165) is 44.1 Å². The van der Waals surface area contributed by atoms with E-state index in [-0.39, 0.29) is 12.1 Å². The van der Waals surface area contributed by atoms with Crippen molar-refractivity contribution in [2.75, 3.05) is 19.3 Å². The van der Waals surface area contributed by atoms with E-state index in [1.807, 2.05) is 29.8 Å². The van der Waals surface area contributed by atoms with Crippen molar-refractivity contribution in [2.24, 2.45) is 5.41 Å². The maximum absolute atomic E-state index is 11.3. The number of hydrogen-bond donors (Lipinski definition) is 3. The summed E-state index contributed by atoms with van der Waals surface area (Å²) in [6.07, 6.45) is 3.25. The summed E-state index contributed by atoms with van der Waals surface area (Å²) in [6.45, 7) is 2.66. The number of rotatable bonds is 2. The van der Waals surface area contributed by atoms with Gasteiger partial charge < -0.3 is 20.5 Å². The molecule has 1 aliphatic carbocycles. The zero-order chi connectivity index (χ0) is 23.8. The third kappa shape index (κ3) is 3.18. The average Bonchev–Trinajstić information content (AvgIpc) is 3.45. The Balaban J connectivity index is 1.33. The molecular weight excluding hydrogens is 496 g/mol. The first-order valence-electron chi connectivity index (χ1n) is 11.5. The van der Waals surface area contributed by atoms with Crippen LogP contribution in [0.5, 0.6) is 0 Å². The topological polar surface area (TPSA) is 113 Å². The number of aliphatic hydroxyl groups is 2. The predicted octanol–water partition coefficient (Wildman–Crippen LogP) is 3.36. The molecule has 2 aliphatic rings. The predicted molar refractivity (Wildman–Crippen MR) is 134 cm³/mol. The van der Waals surface area contributed by atoms with Crippen LogP contribution in [0, 0.1) is 12.3 Å². The lowest BCUT2D eigenvalue weighted by Gasteiger charge is -2.27. The molecule has 34 heavy (non-hydrogen) atoms. The van der Waals surface area contributed by atoms with E-state index in [0.29, 0.717) is 18.8 Å². The third-order valence-electron chi connectivity index (χ3n) is 7.93. The first-order chi connectivity index (χ1) is 16.3. The number of benzene rings is 1. The highest BCUT2D eigenvalue weighted by Crippen LogP contribution is 2.55. The van der Waals surface area contributed by atoms with Gasteiger partial charge in [0.1, 0.15) is 23.9 Å². The molecule has 9 heteroatoms. The fourth-order valence-electron chi connectivity index (χ4n) is 6.19. The van der Waals surface area contributed by atoms with E-state index in [1.54, 1.807) is 6.33 Å². The highest BCUT2D eigenvalue weighted by atomic mass is 79.9. The molecule has 1 saturated carbocycles. The second-order valence-corrected chi connectivity index (χ2v) is 10.8. The number of nitrogens with zero attached hydrogens (tertiary/aromatic N) is 5. The van der Waals surface area contributed by atoms with Crippen molar-refractivity contribution in [1.29, 1.82) is 0 Å². The summed E-state index contributed by atoms with van der Waals surface area (Å²) in [5.74, 6) is 0.469. The smallest absolute Gasteiger partial charge is 0.143 e. The standard InChI is InChI=1S/C25H27BrN6O2/c1-13-16-5-6-32(24(16)29-12-28-13)20-10-25(22(34)21(20)33)9-19(31(2)11-25)15-4-3-14-7-17(26)23(27)30-18(14)8-15/h3-8,12,19-22,33-34H,9-11H2,1-2H3,(H2,27,30). The number of anilines is 1. The van der Waals surface area contributed by atoms with Crippen LogP contribution >= 0.6 is 15.9 Å². The molecule has 2 fully saturated rings. The molecule has 5 unspecified atom stereocenters. The molecule has 4 aromatic rings. The number of hydrogen-bond acceptors (Lipinski definition) is 7. The lowest BCUT2D eigenvalue weighted by atomic mass is 9.80. The highest BCUT2D eigenvalue weighted by Gasteiger charge is 2.58. The minimum atomic E-state index is -0.867. The molecular formula is C25H27BrN6O2. The Bertz CT molecular complexity index is 1420. The van der Waals surface area contributed by atoms with Gasteiger partial charge in [0, 0.05) is 35.0 Å². The zero-order valence-electron chi connectivity index (χ0n) is 19.1. The van der Waals surface area contributed by atoms with Gasteiger partial charge in [0.15, 0.2) is 0 Å². The molecule has 3 aromatic heterocycles. The van der Waals surface area contributed by atoms with Crippen LogP contribution < -0.4 is 5.73 Å². The van der Waals surface area contributed by atoms with Gasteiger partial charge in [-0.05, 0) is 66.5 Å². The normalized spacial score (nSPS) is 29.7. The van der Waals surface area contributed by atoms with Gasteiger partial charge in [-0.1, -0.05) is 12.1 Å². The van der Waals surface area contributed by atoms with E-state index in [9.17, 15) is 10.2 Å². The number of nitrogens with two attached hydrogens (primary N) is 1. The van der Waals surface area contributed by atoms with Crippen molar-refractivity contribution in [1.82, 2.24) is 24.4 Å². The summed E-state index contributed by atoms with van der Waals surface area (Å²) in [6, 6.07) is 10.1. The van der Waals surface area contributed by atoms with Crippen molar-refractivity contribution < 1.29 is 10.2 Å². The van der Waals surface area contributed by atoms with Gasteiger partial charge in [-0.3, -0.25) is 4.90 Å². The third-order valence-corrected chi connectivity index (χ3v) is 8.57. The van der Waals surface area contributed by atoms with Crippen LogP contribution in [0.2, 0.25) is 0 Å². The fraction of sp³-hybridized carbons (Fsp3) is 0.400. The Morgan fingerprint density at radius 2 is 1.97 bits per heavy atom. The second kappa shape index (κ2) is 7.71. The lowest BCUT2D eigenvalue weighted by molar-refractivity contribution is -0.0238. The van der Waals surface area contributed by atoms with Crippen molar-refractivity contribution in [2.45, 2.75) is 44.1 Å². The molecule has 176 valence electrons. The molecule has 0 radical (unpaired) electrons. The van der Waals surface area contributed by atoms with Gasteiger partial charge >= 0.3 is 0 Å². The summed E-state index contributed by atoms with van der Waals surface area (Å²) >= 11 is 3.45. The SMILES string of the molecule is Cc1ncnc2c1ccn2C1CC2(CC(c3ccc4cc(Br)c(N)nc4c3)N(C)C2)C(O)C1O. The first kappa shape index (κ1) is 21.9. The first-order valence-corrected chi connectivity index (χ1v) is 12.3. The van der Waals surface area contributed by atoms with Crippen LogP contribution in [0.15, 0.2) is 47.3 Å². The Kier molecular flexibility index (Phi) is 4.97. The molecule has 1 aromatic carbocycles. The maximum atomic E-state index is 11.3. The second-order valence-electron chi connectivity index (χ2n) is 9.93. The van der Waals surface area contributed by atoms with Gasteiger partial charge in [-0.2, -0.15) is 0 Å². The van der Waals surface area contributed by atoms with E-state index in [2.05, 4.69) is 61.0 Å². The van der Waals surface area contributed by atoms with Crippen LogP contribution in [0.1, 0.15) is 36.2 Å². The van der Waals surface area contributed by atoms with Crippen molar-refractivity contribution >= 4 is 43.7 Å². The van der Waals surface area contributed by atoms with Crippen LogP contribution in [0.4, 0.5) is 5.82 Å². The van der Waals surface area contributed by atoms with Crippen LogP contribution in [-0.4, -0.2) is 60.4 Å². The van der Waals surface area contributed by atoms with Gasteiger partial charge in [-0.15, -0.1) is 0 Å². The van der Waals surface area contributed by atoms with Crippen LogP contribution in [-0.2, 0) is 0 Å². The van der Waals surface area contributed by atoms with Gasteiger partial charge in [0.2, 0.25) is 0 Å². The van der Waals surface area contributed by atoms with Crippen LogP contribution in [0.3, 0.4) is 0 Å². The molecule has 0 amide bonds. The number of halogens is 1. The van der Waals surface area contributed by atoms with E-state index < -0.39 is 17.6 Å². The number of pyridine rings is 1. The molecule has 0 bridgehead atoms. The molecule has 1 spiro atoms. The Labute approximate surface area is 205 Å². The molecule has 8 nitrogen and oxygen atoms in total. The number of aromatic nitrogens is 4. The lowest BCUT2D eigenvalue weighted by Crippen LogP contribution is -2.38. The number of aliphatic hydroxyl groups excluding tert-OH is 2. The van der Waals surface area contributed by atoms with Crippen LogP contribution in [0.25, 0.3) is 21.9 Å². The average molecular weight is 523 g/mol. The summed E-state index contributed by atoms with van der Waals surface area (Å²) < 4.78 is 2.80. The monoisotopic (exact) mass is 522 g/mol. The Morgan fingerprint density at radius 3 is 2.79 bits per heavy atom. The fourth-order valence-corrected chi connectivity index (χ4v) is 6.52. The molecule has 1 aliphatic heterocycles. The van der Waals surface area contributed by atoms with E-state index >= 15 is 0 Å². The Hall–Kier alpha value is -2.59. The highest BCUT2D eigenvalue weighted by molar-refractivity contribution is 9.10. The number of aryl methyl sites for hydroxylation is 1. The quantitative estimate of drug-likeness (QED) is 0.369. The van der Waals surface area contributed by atoms with Gasteiger partial charge in [0.05, 0.1) is 27.8 Å². The zero-order valence-corrected chi connectivity index (χ0v) is 20.6. The Morgan fingerprint density at radius 1 is 1.15 bits per heavy atom. The molecule has 4 N–H and O–H groups in total. The summed E-state index contributed by atoms with van der Waals surface area (Å²) in [7, 11) is 2.08. The molecule has 6 rings (SSSR count).